The molecule has 2 aromatic carbocycles. The molecule has 0 amide bonds. The maximum Gasteiger partial charge on any atom is 0.573 e. The van der Waals surface area contributed by atoms with Crippen LogP contribution in [0, 0.1) is 0 Å². The second-order valence-electron chi connectivity index (χ2n) is 7.49. The highest BCUT2D eigenvalue weighted by Gasteiger charge is 2.33. The second kappa shape index (κ2) is 9.91. The molecule has 12 heteroatoms. The SMILES string of the molecule is CC(C)(O)C(C)(C)O.[B]c1ccc(Oc2ccc(OC(F)(F)F)cc2)c(OC(F)(F)F)c1. The molecular weight excluding hydrogens is 445 g/mol. The topological polar surface area (TPSA) is 68.2 Å². The number of ether oxygens (including phenoxy) is 3. The number of halogens is 6. The van der Waals surface area contributed by atoms with Crippen molar-refractivity contribution < 1.29 is 50.8 Å². The number of alkyl halides is 6. The van der Waals surface area contributed by atoms with E-state index in [1.54, 1.807) is 27.7 Å². The summed E-state index contributed by atoms with van der Waals surface area (Å²) in [6.07, 6.45) is -9.82. The van der Waals surface area contributed by atoms with Gasteiger partial charge < -0.3 is 24.4 Å². The Balaban J connectivity index is 0.000000547. The van der Waals surface area contributed by atoms with Gasteiger partial charge in [0.1, 0.15) is 19.3 Å². The van der Waals surface area contributed by atoms with Crippen LogP contribution >= 0.6 is 0 Å². The molecule has 0 aliphatic carbocycles. The maximum atomic E-state index is 12.4. The van der Waals surface area contributed by atoms with Crippen molar-refractivity contribution in [1.82, 2.24) is 0 Å². The fraction of sp³-hybridized carbons (Fsp3) is 0.400. The van der Waals surface area contributed by atoms with E-state index in [-0.39, 0.29) is 17.0 Å². The number of benzene rings is 2. The first-order valence-electron chi connectivity index (χ1n) is 8.90. The van der Waals surface area contributed by atoms with E-state index >= 15 is 0 Å². The second-order valence-corrected chi connectivity index (χ2v) is 7.49. The van der Waals surface area contributed by atoms with Crippen molar-refractivity contribution in [2.24, 2.45) is 0 Å². The molecule has 2 rings (SSSR count). The lowest BCUT2D eigenvalue weighted by molar-refractivity contribution is -0.275. The van der Waals surface area contributed by atoms with Crippen molar-refractivity contribution in [3.05, 3.63) is 42.5 Å². The Kier molecular flexibility index (Phi) is 8.49. The molecule has 2 N–H and O–H groups in total. The van der Waals surface area contributed by atoms with E-state index < -0.39 is 35.4 Å². The van der Waals surface area contributed by atoms with Crippen molar-refractivity contribution in [3.63, 3.8) is 0 Å². The molecule has 0 aliphatic rings. The number of rotatable bonds is 5. The first kappa shape index (κ1) is 27.4. The van der Waals surface area contributed by atoms with Crippen LogP contribution in [0.3, 0.4) is 0 Å². The normalized spacial score (nSPS) is 12.5. The van der Waals surface area contributed by atoms with Crippen LogP contribution in [0.25, 0.3) is 0 Å². The Labute approximate surface area is 181 Å². The van der Waals surface area contributed by atoms with E-state index in [0.717, 1.165) is 36.4 Å². The van der Waals surface area contributed by atoms with E-state index in [0.29, 0.717) is 0 Å². The largest absolute Gasteiger partial charge is 0.573 e. The summed E-state index contributed by atoms with van der Waals surface area (Å²) < 4.78 is 85.9. The predicted molar refractivity (Wildman–Crippen MR) is 104 cm³/mol. The van der Waals surface area contributed by atoms with Crippen molar-refractivity contribution in [2.75, 3.05) is 0 Å². The van der Waals surface area contributed by atoms with Gasteiger partial charge in [-0.25, -0.2) is 0 Å². The van der Waals surface area contributed by atoms with E-state index in [1.807, 2.05) is 0 Å². The fourth-order valence-corrected chi connectivity index (χ4v) is 1.65. The van der Waals surface area contributed by atoms with Crippen molar-refractivity contribution in [2.45, 2.75) is 51.6 Å². The van der Waals surface area contributed by atoms with Crippen LogP contribution < -0.4 is 19.7 Å². The number of hydrogen-bond acceptors (Lipinski definition) is 5. The molecule has 0 atom stereocenters. The smallest absolute Gasteiger partial charge is 0.453 e. The summed E-state index contributed by atoms with van der Waals surface area (Å²) in [6.45, 7) is 6.31. The minimum absolute atomic E-state index is 0.00975. The van der Waals surface area contributed by atoms with Crippen LogP contribution in [0.5, 0.6) is 23.0 Å². The quantitative estimate of drug-likeness (QED) is 0.498. The van der Waals surface area contributed by atoms with Crippen LogP contribution in [0.2, 0.25) is 0 Å². The highest BCUT2D eigenvalue weighted by molar-refractivity contribution is 6.32. The van der Waals surface area contributed by atoms with Gasteiger partial charge in [0.25, 0.3) is 0 Å². The molecule has 2 aromatic rings. The predicted octanol–water partition coefficient (Wildman–Crippen LogP) is 4.60. The van der Waals surface area contributed by atoms with Crippen molar-refractivity contribution in [1.29, 1.82) is 0 Å². The van der Waals surface area contributed by atoms with Gasteiger partial charge in [-0.05, 0) is 64.1 Å². The van der Waals surface area contributed by atoms with Gasteiger partial charge in [-0.3, -0.25) is 0 Å². The summed E-state index contributed by atoms with van der Waals surface area (Å²) >= 11 is 0. The van der Waals surface area contributed by atoms with E-state index in [2.05, 4.69) is 9.47 Å². The molecule has 176 valence electrons. The minimum Gasteiger partial charge on any atom is -0.453 e. The van der Waals surface area contributed by atoms with E-state index in [9.17, 15) is 26.3 Å². The molecule has 0 saturated heterocycles. The first-order valence-corrected chi connectivity index (χ1v) is 8.90. The monoisotopic (exact) mass is 466 g/mol. The molecule has 0 aliphatic heterocycles. The Morgan fingerprint density at radius 3 is 1.50 bits per heavy atom. The standard InChI is InChI=1S/C14H7BF6O3.C6H14O2/c15-8-1-6-11(12(7-8)24-14(19,20)21)22-9-2-4-10(5-3-9)23-13(16,17)18;1-5(2,7)6(3,4)8/h1-7H;7-8H,1-4H3. The highest BCUT2D eigenvalue weighted by atomic mass is 19.4. The summed E-state index contributed by atoms with van der Waals surface area (Å²) in [5.41, 5.74) is -2.00. The zero-order valence-corrected chi connectivity index (χ0v) is 17.5. The third kappa shape index (κ3) is 10.1. The highest BCUT2D eigenvalue weighted by Crippen LogP contribution is 2.35. The number of hydrogen-bond donors (Lipinski definition) is 2. The summed E-state index contributed by atoms with van der Waals surface area (Å²) in [7, 11) is 5.39. The van der Waals surface area contributed by atoms with Gasteiger partial charge in [0.05, 0.1) is 11.2 Å². The Morgan fingerprint density at radius 1 is 0.656 bits per heavy atom. The maximum absolute atomic E-state index is 12.4. The van der Waals surface area contributed by atoms with Crippen LogP contribution in [-0.2, 0) is 0 Å². The summed E-state index contributed by atoms with van der Waals surface area (Å²) in [5.74, 6) is -1.52. The molecule has 2 radical (unpaired) electrons. The Hall–Kier alpha value is -2.60. The van der Waals surface area contributed by atoms with Crippen LogP contribution in [-0.4, -0.2) is 42.0 Å². The fourth-order valence-electron chi connectivity index (χ4n) is 1.65. The molecule has 0 unspecified atom stereocenters. The van der Waals surface area contributed by atoms with Crippen molar-refractivity contribution >= 4 is 13.3 Å². The molecule has 0 spiro atoms. The average molecular weight is 466 g/mol. The van der Waals surface area contributed by atoms with Crippen LogP contribution in [0.15, 0.2) is 42.5 Å². The van der Waals surface area contributed by atoms with Gasteiger partial charge in [0, 0.05) is 0 Å². The zero-order chi connectivity index (χ0) is 25.0. The molecule has 0 heterocycles. The van der Waals surface area contributed by atoms with Crippen LogP contribution in [0.4, 0.5) is 26.3 Å². The minimum atomic E-state index is -4.96. The van der Waals surface area contributed by atoms with Gasteiger partial charge >= 0.3 is 12.7 Å². The third-order valence-corrected chi connectivity index (χ3v) is 3.98. The van der Waals surface area contributed by atoms with E-state index in [4.69, 9.17) is 22.8 Å². The summed E-state index contributed by atoms with van der Waals surface area (Å²) in [6, 6.07) is 7.40. The van der Waals surface area contributed by atoms with Gasteiger partial charge in [-0.15, -0.1) is 26.3 Å². The average Bonchev–Trinajstić information content (AvgIpc) is 2.55. The summed E-state index contributed by atoms with van der Waals surface area (Å²) in [5, 5.41) is 18.2. The lowest BCUT2D eigenvalue weighted by Crippen LogP contribution is -2.44. The van der Waals surface area contributed by atoms with Gasteiger partial charge in [-0.1, -0.05) is 11.5 Å². The zero-order valence-electron chi connectivity index (χ0n) is 17.5. The van der Waals surface area contributed by atoms with Gasteiger partial charge in [0.15, 0.2) is 11.5 Å². The first-order chi connectivity index (χ1) is 14.3. The van der Waals surface area contributed by atoms with Gasteiger partial charge in [0.2, 0.25) is 0 Å². The number of aliphatic hydroxyl groups is 2. The Bertz CT molecular complexity index is 857. The molecule has 0 bridgehead atoms. The van der Waals surface area contributed by atoms with E-state index in [1.165, 1.54) is 6.07 Å². The molecule has 0 saturated carbocycles. The van der Waals surface area contributed by atoms with Gasteiger partial charge in [-0.2, -0.15) is 0 Å². The van der Waals surface area contributed by atoms with Crippen molar-refractivity contribution in [3.8, 4) is 23.0 Å². The third-order valence-electron chi connectivity index (χ3n) is 3.98. The van der Waals surface area contributed by atoms with Crippen LogP contribution in [0.1, 0.15) is 27.7 Å². The lowest BCUT2D eigenvalue weighted by atomic mass is 9.90. The molecule has 32 heavy (non-hydrogen) atoms. The molecular formula is C20H21BF6O5. The lowest BCUT2D eigenvalue weighted by Gasteiger charge is -2.31. The molecule has 0 aromatic heterocycles. The Morgan fingerprint density at radius 2 is 1.09 bits per heavy atom. The molecule has 5 nitrogen and oxygen atoms in total. The summed E-state index contributed by atoms with van der Waals surface area (Å²) in [4.78, 5) is 0. The molecule has 0 fully saturated rings.